The number of hydrogen-bond donors (Lipinski definition) is 1. The SMILES string of the molecule is NC(=O)C1CCCCN1C(=O)c1ccc(S(=O)(=O)N2CCCC2)cc1. The summed E-state index contributed by atoms with van der Waals surface area (Å²) in [5.74, 6) is -0.782. The normalized spacial score (nSPS) is 22.1. The molecule has 1 aromatic carbocycles. The third kappa shape index (κ3) is 3.55. The first-order valence-electron chi connectivity index (χ1n) is 8.62. The Kier molecular flexibility index (Phi) is 5.10. The van der Waals surface area contributed by atoms with E-state index in [1.165, 1.54) is 33.5 Å². The fourth-order valence-electron chi connectivity index (χ4n) is 3.48. The van der Waals surface area contributed by atoms with Gasteiger partial charge in [0.25, 0.3) is 5.91 Å². The Morgan fingerprint density at radius 1 is 0.960 bits per heavy atom. The maximum Gasteiger partial charge on any atom is 0.254 e. The van der Waals surface area contributed by atoms with Crippen molar-refractivity contribution in [1.29, 1.82) is 0 Å². The largest absolute Gasteiger partial charge is 0.368 e. The van der Waals surface area contributed by atoms with E-state index in [-0.39, 0.29) is 10.8 Å². The first-order valence-corrected chi connectivity index (χ1v) is 10.1. The van der Waals surface area contributed by atoms with Crippen LogP contribution in [0.15, 0.2) is 29.2 Å². The molecule has 3 rings (SSSR count). The standard InChI is InChI=1S/C17H23N3O4S/c18-16(21)15-5-1-2-12-20(15)17(22)13-6-8-14(9-7-13)25(23,24)19-10-3-4-11-19/h6-9,15H,1-5,10-12H2,(H2,18,21). The maximum absolute atomic E-state index is 12.7. The van der Waals surface area contributed by atoms with Crippen molar-refractivity contribution in [3.63, 3.8) is 0 Å². The molecule has 25 heavy (non-hydrogen) atoms. The van der Waals surface area contributed by atoms with Gasteiger partial charge in [-0.25, -0.2) is 8.42 Å². The van der Waals surface area contributed by atoms with E-state index < -0.39 is 22.0 Å². The van der Waals surface area contributed by atoms with Gasteiger partial charge >= 0.3 is 0 Å². The Morgan fingerprint density at radius 2 is 1.56 bits per heavy atom. The Labute approximate surface area is 147 Å². The summed E-state index contributed by atoms with van der Waals surface area (Å²) in [6.45, 7) is 1.56. The van der Waals surface area contributed by atoms with Crippen LogP contribution in [0.4, 0.5) is 0 Å². The fourth-order valence-corrected chi connectivity index (χ4v) is 5.00. The summed E-state index contributed by atoms with van der Waals surface area (Å²) in [4.78, 5) is 26.0. The average molecular weight is 365 g/mol. The zero-order valence-corrected chi connectivity index (χ0v) is 14.9. The second-order valence-electron chi connectivity index (χ2n) is 6.55. The van der Waals surface area contributed by atoms with Gasteiger partial charge in [0.05, 0.1) is 4.90 Å². The van der Waals surface area contributed by atoms with Gasteiger partial charge in [-0.2, -0.15) is 4.31 Å². The number of amides is 2. The lowest BCUT2D eigenvalue weighted by Crippen LogP contribution is -2.50. The summed E-state index contributed by atoms with van der Waals surface area (Å²) in [7, 11) is -3.50. The van der Waals surface area contributed by atoms with Crippen molar-refractivity contribution in [2.75, 3.05) is 19.6 Å². The van der Waals surface area contributed by atoms with Gasteiger partial charge < -0.3 is 10.6 Å². The van der Waals surface area contributed by atoms with Crippen molar-refractivity contribution in [1.82, 2.24) is 9.21 Å². The van der Waals surface area contributed by atoms with Crippen LogP contribution in [0.2, 0.25) is 0 Å². The molecule has 0 aromatic heterocycles. The molecule has 2 amide bonds. The minimum absolute atomic E-state index is 0.191. The molecule has 1 aromatic rings. The molecule has 2 aliphatic heterocycles. The predicted octanol–water partition coefficient (Wildman–Crippen LogP) is 0.951. The highest BCUT2D eigenvalue weighted by Crippen LogP contribution is 2.23. The fraction of sp³-hybridized carbons (Fsp3) is 0.529. The number of nitrogens with zero attached hydrogens (tertiary/aromatic N) is 2. The number of carbonyl (C=O) groups is 2. The van der Waals surface area contributed by atoms with E-state index in [0.717, 1.165) is 25.7 Å². The van der Waals surface area contributed by atoms with E-state index in [9.17, 15) is 18.0 Å². The molecule has 8 heteroatoms. The maximum atomic E-state index is 12.7. The van der Waals surface area contributed by atoms with Crippen LogP contribution in [-0.2, 0) is 14.8 Å². The highest BCUT2D eigenvalue weighted by Gasteiger charge is 2.32. The minimum Gasteiger partial charge on any atom is -0.368 e. The Hall–Kier alpha value is -1.93. The number of hydrogen-bond acceptors (Lipinski definition) is 4. The molecule has 0 aliphatic carbocycles. The lowest BCUT2D eigenvalue weighted by atomic mass is 10.0. The van der Waals surface area contributed by atoms with Gasteiger partial charge in [-0.3, -0.25) is 9.59 Å². The van der Waals surface area contributed by atoms with Crippen LogP contribution in [0, 0.1) is 0 Å². The Balaban J connectivity index is 1.79. The molecule has 1 unspecified atom stereocenters. The Bertz CT molecular complexity index is 755. The molecule has 0 radical (unpaired) electrons. The summed E-state index contributed by atoms with van der Waals surface area (Å²) in [6.07, 6.45) is 4.02. The molecule has 0 bridgehead atoms. The second-order valence-corrected chi connectivity index (χ2v) is 8.49. The summed E-state index contributed by atoms with van der Waals surface area (Å²) < 4.78 is 26.5. The molecule has 2 heterocycles. The number of carbonyl (C=O) groups excluding carboxylic acids is 2. The summed E-state index contributed by atoms with van der Waals surface area (Å²) >= 11 is 0. The van der Waals surface area contributed by atoms with Gasteiger partial charge in [0, 0.05) is 25.2 Å². The zero-order valence-electron chi connectivity index (χ0n) is 14.1. The van der Waals surface area contributed by atoms with Gasteiger partial charge in [-0.05, 0) is 56.4 Å². The minimum atomic E-state index is -3.50. The van der Waals surface area contributed by atoms with Gasteiger partial charge in [-0.15, -0.1) is 0 Å². The molecular weight excluding hydrogens is 342 g/mol. The van der Waals surface area contributed by atoms with E-state index in [4.69, 9.17) is 5.73 Å². The number of piperidine rings is 1. The number of likely N-dealkylation sites (tertiary alicyclic amines) is 1. The second kappa shape index (κ2) is 7.13. The first kappa shape index (κ1) is 17.9. The van der Waals surface area contributed by atoms with Crippen molar-refractivity contribution in [3.8, 4) is 0 Å². The van der Waals surface area contributed by atoms with Crippen molar-refractivity contribution in [3.05, 3.63) is 29.8 Å². The Morgan fingerprint density at radius 3 is 2.16 bits per heavy atom. The van der Waals surface area contributed by atoms with Crippen LogP contribution in [0.25, 0.3) is 0 Å². The molecule has 2 N–H and O–H groups in total. The van der Waals surface area contributed by atoms with Crippen molar-refractivity contribution < 1.29 is 18.0 Å². The number of primary amides is 1. The van der Waals surface area contributed by atoms with Crippen molar-refractivity contribution in [2.24, 2.45) is 5.73 Å². The first-order chi connectivity index (χ1) is 11.9. The third-order valence-corrected chi connectivity index (χ3v) is 6.81. The van der Waals surface area contributed by atoms with Gasteiger partial charge in [0.15, 0.2) is 0 Å². The number of benzene rings is 1. The van der Waals surface area contributed by atoms with Gasteiger partial charge in [0.1, 0.15) is 6.04 Å². The van der Waals surface area contributed by atoms with Crippen LogP contribution in [0.1, 0.15) is 42.5 Å². The molecule has 2 aliphatic rings. The highest BCUT2D eigenvalue weighted by molar-refractivity contribution is 7.89. The number of nitrogens with two attached hydrogens (primary N) is 1. The monoisotopic (exact) mass is 365 g/mol. The summed E-state index contributed by atoms with van der Waals surface area (Å²) in [5.41, 5.74) is 5.78. The topological polar surface area (TPSA) is 101 Å². The van der Waals surface area contributed by atoms with Crippen LogP contribution in [-0.4, -0.2) is 55.1 Å². The van der Waals surface area contributed by atoms with Gasteiger partial charge in [-0.1, -0.05) is 0 Å². The molecule has 1 atom stereocenters. The number of rotatable bonds is 4. The van der Waals surface area contributed by atoms with Crippen molar-refractivity contribution >= 4 is 21.8 Å². The van der Waals surface area contributed by atoms with Gasteiger partial charge in [0.2, 0.25) is 15.9 Å². The van der Waals surface area contributed by atoms with E-state index >= 15 is 0 Å². The molecule has 0 saturated carbocycles. The lowest BCUT2D eigenvalue weighted by molar-refractivity contribution is -0.123. The lowest BCUT2D eigenvalue weighted by Gasteiger charge is -2.33. The average Bonchev–Trinajstić information content (AvgIpc) is 3.16. The molecule has 2 saturated heterocycles. The zero-order chi connectivity index (χ0) is 18.0. The quantitative estimate of drug-likeness (QED) is 0.858. The van der Waals surface area contributed by atoms with E-state index in [1.54, 1.807) is 0 Å². The van der Waals surface area contributed by atoms with Crippen LogP contribution >= 0.6 is 0 Å². The smallest absolute Gasteiger partial charge is 0.254 e. The highest BCUT2D eigenvalue weighted by atomic mass is 32.2. The predicted molar refractivity (Wildman–Crippen MR) is 92.3 cm³/mol. The van der Waals surface area contributed by atoms with E-state index in [2.05, 4.69) is 0 Å². The third-order valence-electron chi connectivity index (χ3n) is 4.90. The molecule has 7 nitrogen and oxygen atoms in total. The van der Waals surface area contributed by atoms with Crippen LogP contribution in [0.3, 0.4) is 0 Å². The van der Waals surface area contributed by atoms with Crippen LogP contribution < -0.4 is 5.73 Å². The summed E-state index contributed by atoms with van der Waals surface area (Å²) in [6, 6.07) is 5.36. The van der Waals surface area contributed by atoms with Crippen molar-refractivity contribution in [2.45, 2.75) is 43.0 Å². The molecule has 0 spiro atoms. The molecular formula is C17H23N3O4S. The number of sulfonamides is 1. The molecule has 136 valence electrons. The summed E-state index contributed by atoms with van der Waals surface area (Å²) in [5, 5.41) is 0. The van der Waals surface area contributed by atoms with E-state index in [0.29, 0.717) is 31.6 Å². The molecule has 2 fully saturated rings. The van der Waals surface area contributed by atoms with Crippen LogP contribution in [0.5, 0.6) is 0 Å². The van der Waals surface area contributed by atoms with E-state index in [1.807, 2.05) is 0 Å².